The number of halogens is 1. The molecule has 3 heteroatoms. The Bertz CT molecular complexity index is 115. The molecular formula is C7H16ClN2+. The van der Waals surface area contributed by atoms with Crippen LogP contribution < -0.4 is 5.32 Å². The fourth-order valence-corrected chi connectivity index (χ4v) is 1.13. The first-order chi connectivity index (χ1) is 4.76. The maximum absolute atomic E-state index is 5.88. The lowest BCUT2D eigenvalue weighted by Gasteiger charge is -2.02. The predicted octanol–water partition coefficient (Wildman–Crippen LogP) is 1.24. The van der Waals surface area contributed by atoms with Crippen molar-refractivity contribution in [3.8, 4) is 0 Å². The van der Waals surface area contributed by atoms with Crippen molar-refractivity contribution < 1.29 is 4.58 Å². The Kier molecular flexibility index (Phi) is 5.40. The van der Waals surface area contributed by atoms with Crippen molar-refractivity contribution in [3.63, 3.8) is 0 Å². The highest BCUT2D eigenvalue weighted by Gasteiger charge is 2.03. The second kappa shape index (κ2) is 5.54. The summed E-state index contributed by atoms with van der Waals surface area (Å²) >= 11 is 5.88. The van der Waals surface area contributed by atoms with Crippen LogP contribution in [0.25, 0.3) is 0 Å². The number of rotatable bonds is 3. The van der Waals surface area contributed by atoms with Gasteiger partial charge in [-0.25, -0.2) is 0 Å². The van der Waals surface area contributed by atoms with Crippen LogP contribution in [0.2, 0.25) is 0 Å². The summed E-state index contributed by atoms with van der Waals surface area (Å²) in [6.45, 7) is 9.01. The number of nitrogens with one attached hydrogen (secondary N) is 1. The second-order valence-corrected chi connectivity index (χ2v) is 2.35. The molecule has 0 fully saturated rings. The molecule has 0 aromatic heterocycles. The van der Waals surface area contributed by atoms with Crippen LogP contribution in [-0.2, 0) is 0 Å². The monoisotopic (exact) mass is 163 g/mol. The summed E-state index contributed by atoms with van der Waals surface area (Å²) in [6, 6.07) is 0. The summed E-state index contributed by atoms with van der Waals surface area (Å²) in [5.41, 5.74) is 0. The van der Waals surface area contributed by atoms with E-state index in [-0.39, 0.29) is 0 Å². The van der Waals surface area contributed by atoms with Gasteiger partial charge in [0.15, 0.2) is 0 Å². The molecule has 0 radical (unpaired) electrons. The quantitative estimate of drug-likeness (QED) is 0.287. The zero-order valence-corrected chi connectivity index (χ0v) is 7.70. The van der Waals surface area contributed by atoms with E-state index < -0.39 is 0 Å². The first-order valence-corrected chi connectivity index (χ1v) is 4.15. The van der Waals surface area contributed by atoms with Crippen molar-refractivity contribution in [1.82, 2.24) is 5.32 Å². The van der Waals surface area contributed by atoms with E-state index in [1.54, 1.807) is 0 Å². The Morgan fingerprint density at radius 3 is 2.10 bits per heavy atom. The van der Waals surface area contributed by atoms with Gasteiger partial charge in [0, 0.05) is 11.6 Å². The highest BCUT2D eigenvalue weighted by atomic mass is 35.5. The molecule has 0 unspecified atom stereocenters. The summed E-state index contributed by atoms with van der Waals surface area (Å²) in [5.74, 6) is 0. The summed E-state index contributed by atoms with van der Waals surface area (Å²) < 4.78 is 2.07. The minimum atomic E-state index is 0.757. The molecule has 2 nitrogen and oxygen atoms in total. The van der Waals surface area contributed by atoms with Crippen LogP contribution in [0, 0.1) is 0 Å². The van der Waals surface area contributed by atoms with Gasteiger partial charge in [-0.05, 0) is 20.8 Å². The van der Waals surface area contributed by atoms with Gasteiger partial charge >= 0.3 is 5.29 Å². The normalized spacial score (nSPS) is 9.20. The van der Waals surface area contributed by atoms with Gasteiger partial charge in [0.2, 0.25) is 0 Å². The van der Waals surface area contributed by atoms with Crippen molar-refractivity contribution in [2.45, 2.75) is 20.8 Å². The molecule has 0 aromatic carbocycles. The second-order valence-electron chi connectivity index (χ2n) is 1.99. The summed E-state index contributed by atoms with van der Waals surface area (Å²) in [4.78, 5) is 0. The van der Waals surface area contributed by atoms with Gasteiger partial charge in [0.1, 0.15) is 0 Å². The molecule has 0 bridgehead atoms. The molecule has 0 aliphatic heterocycles. The topological polar surface area (TPSA) is 15.0 Å². The van der Waals surface area contributed by atoms with Crippen molar-refractivity contribution in [2.75, 3.05) is 19.6 Å². The molecular weight excluding hydrogens is 148 g/mol. The lowest BCUT2D eigenvalue weighted by atomic mass is 10.6. The Hall–Kier alpha value is -0.240. The summed E-state index contributed by atoms with van der Waals surface area (Å²) in [6.07, 6.45) is 0. The van der Waals surface area contributed by atoms with Gasteiger partial charge in [0.05, 0.1) is 19.6 Å². The molecule has 0 atom stereocenters. The third-order valence-corrected chi connectivity index (χ3v) is 1.74. The number of hydrogen-bond donors (Lipinski definition) is 1. The first-order valence-electron chi connectivity index (χ1n) is 3.77. The number of nitrogens with zero attached hydrogens (tertiary/aromatic N) is 1. The zero-order chi connectivity index (χ0) is 7.98. The van der Waals surface area contributed by atoms with E-state index >= 15 is 0 Å². The van der Waals surface area contributed by atoms with Crippen molar-refractivity contribution >= 4 is 16.9 Å². The lowest BCUT2D eigenvalue weighted by Crippen LogP contribution is -2.29. The van der Waals surface area contributed by atoms with E-state index in [9.17, 15) is 0 Å². The molecule has 0 rings (SSSR count). The smallest absolute Gasteiger partial charge is 0.264 e. The molecule has 0 spiro atoms. The van der Waals surface area contributed by atoms with Crippen molar-refractivity contribution in [3.05, 3.63) is 0 Å². The van der Waals surface area contributed by atoms with Gasteiger partial charge in [0.25, 0.3) is 0 Å². The van der Waals surface area contributed by atoms with E-state index in [0.29, 0.717) is 0 Å². The minimum absolute atomic E-state index is 0.757. The van der Waals surface area contributed by atoms with E-state index in [2.05, 4.69) is 23.7 Å². The molecule has 0 heterocycles. The SMILES string of the molecule is CCNC(Cl)=[N+](CC)CC. The van der Waals surface area contributed by atoms with Gasteiger partial charge in [-0.2, -0.15) is 0 Å². The standard InChI is InChI=1S/C7H15ClN2/c1-4-9-7(8)10(5-2)6-3/h4-6H2,1-3H3/p+1. The first kappa shape index (κ1) is 9.76. The largest absolute Gasteiger partial charge is 0.342 e. The molecule has 60 valence electrons. The highest BCUT2D eigenvalue weighted by Crippen LogP contribution is 1.82. The molecule has 0 aromatic rings. The average Bonchev–Trinajstić information content (AvgIpc) is 1.91. The summed E-state index contributed by atoms with van der Waals surface area (Å²) in [5, 5.41) is 3.81. The van der Waals surface area contributed by atoms with E-state index in [0.717, 1.165) is 24.9 Å². The van der Waals surface area contributed by atoms with Crippen molar-refractivity contribution in [1.29, 1.82) is 0 Å². The van der Waals surface area contributed by atoms with Crippen LogP contribution in [0.4, 0.5) is 0 Å². The molecule has 0 saturated carbocycles. The summed E-state index contributed by atoms with van der Waals surface area (Å²) in [7, 11) is 0. The van der Waals surface area contributed by atoms with Gasteiger partial charge < -0.3 is 0 Å². The Labute approximate surface area is 67.9 Å². The fourth-order valence-electron chi connectivity index (χ4n) is 0.759. The zero-order valence-electron chi connectivity index (χ0n) is 6.95. The highest BCUT2D eigenvalue weighted by molar-refractivity contribution is 6.63. The molecule has 1 N–H and O–H groups in total. The molecule has 0 aliphatic rings. The van der Waals surface area contributed by atoms with Gasteiger partial charge in [-0.3, -0.25) is 9.89 Å². The third-order valence-electron chi connectivity index (χ3n) is 1.36. The maximum atomic E-state index is 5.88. The Morgan fingerprint density at radius 1 is 1.30 bits per heavy atom. The van der Waals surface area contributed by atoms with E-state index in [4.69, 9.17) is 11.6 Å². The van der Waals surface area contributed by atoms with Crippen LogP contribution in [0.3, 0.4) is 0 Å². The number of amidine groups is 1. The molecule has 10 heavy (non-hydrogen) atoms. The third kappa shape index (κ3) is 3.06. The van der Waals surface area contributed by atoms with Gasteiger partial charge in [-0.1, -0.05) is 0 Å². The van der Waals surface area contributed by atoms with E-state index in [1.807, 2.05) is 6.92 Å². The van der Waals surface area contributed by atoms with E-state index in [1.165, 1.54) is 0 Å². The van der Waals surface area contributed by atoms with Crippen LogP contribution in [0.5, 0.6) is 0 Å². The van der Waals surface area contributed by atoms with Crippen LogP contribution in [0.1, 0.15) is 20.8 Å². The van der Waals surface area contributed by atoms with Crippen LogP contribution in [-0.4, -0.2) is 29.5 Å². The lowest BCUT2D eigenvalue weighted by molar-refractivity contribution is -0.520. The Morgan fingerprint density at radius 2 is 1.80 bits per heavy atom. The number of hydrogen-bond acceptors (Lipinski definition) is 0. The molecule has 0 aliphatic carbocycles. The van der Waals surface area contributed by atoms with Gasteiger partial charge in [-0.15, -0.1) is 0 Å². The fraction of sp³-hybridized carbons (Fsp3) is 0.857. The molecule has 0 saturated heterocycles. The minimum Gasteiger partial charge on any atom is -0.264 e. The maximum Gasteiger partial charge on any atom is 0.342 e. The molecule has 0 amide bonds. The Balaban J connectivity index is 3.98. The van der Waals surface area contributed by atoms with Crippen LogP contribution >= 0.6 is 11.6 Å². The predicted molar refractivity (Wildman–Crippen MR) is 45.9 cm³/mol. The average molecular weight is 164 g/mol. The van der Waals surface area contributed by atoms with Crippen molar-refractivity contribution in [2.24, 2.45) is 0 Å². The van der Waals surface area contributed by atoms with Crippen LogP contribution in [0.15, 0.2) is 0 Å².